The molecule has 1 unspecified atom stereocenters. The van der Waals surface area contributed by atoms with Crippen molar-refractivity contribution in [1.29, 1.82) is 0 Å². The van der Waals surface area contributed by atoms with Crippen LogP contribution in [0.5, 0.6) is 0 Å². The zero-order valence-corrected chi connectivity index (χ0v) is 12.9. The first-order chi connectivity index (χ1) is 8.45. The maximum atomic E-state index is 12.1. The molecular formula is C15H28ClNO. The summed E-state index contributed by atoms with van der Waals surface area (Å²) in [6.45, 7) is 8.84. The van der Waals surface area contributed by atoms with Crippen molar-refractivity contribution in [1.82, 2.24) is 4.90 Å². The molecule has 0 aliphatic carbocycles. The average molecular weight is 274 g/mol. The fourth-order valence-electron chi connectivity index (χ4n) is 2.74. The molecule has 0 N–H and O–H groups in total. The number of likely N-dealkylation sites (tertiary alicyclic amines) is 1. The average Bonchev–Trinajstić information content (AvgIpc) is 2.54. The highest BCUT2D eigenvalue weighted by Gasteiger charge is 2.28. The molecule has 1 amide bonds. The molecule has 106 valence electrons. The van der Waals surface area contributed by atoms with E-state index >= 15 is 0 Å². The SMILES string of the molecule is CC(C)(C)C1CCCN(C(=O)CCCCCl)CC1. The Kier molecular flexibility index (Phi) is 6.48. The molecule has 1 aliphatic heterocycles. The molecule has 1 fully saturated rings. The summed E-state index contributed by atoms with van der Waals surface area (Å²) in [5, 5.41) is 0. The van der Waals surface area contributed by atoms with Gasteiger partial charge < -0.3 is 4.90 Å². The topological polar surface area (TPSA) is 20.3 Å². The molecule has 0 spiro atoms. The van der Waals surface area contributed by atoms with Gasteiger partial charge in [-0.15, -0.1) is 11.6 Å². The third-order valence-electron chi connectivity index (χ3n) is 4.08. The summed E-state index contributed by atoms with van der Waals surface area (Å²) >= 11 is 5.64. The highest BCUT2D eigenvalue weighted by atomic mass is 35.5. The summed E-state index contributed by atoms with van der Waals surface area (Å²) in [5.74, 6) is 1.74. The lowest BCUT2D eigenvalue weighted by atomic mass is 9.77. The van der Waals surface area contributed by atoms with Gasteiger partial charge in [0.25, 0.3) is 0 Å². The number of alkyl halides is 1. The van der Waals surface area contributed by atoms with Crippen LogP contribution in [0.25, 0.3) is 0 Å². The van der Waals surface area contributed by atoms with Crippen LogP contribution >= 0.6 is 11.6 Å². The van der Waals surface area contributed by atoms with Crippen LogP contribution in [-0.4, -0.2) is 29.8 Å². The van der Waals surface area contributed by atoms with Crippen molar-refractivity contribution in [3.05, 3.63) is 0 Å². The number of rotatable bonds is 4. The Labute approximate surface area is 117 Å². The van der Waals surface area contributed by atoms with E-state index in [9.17, 15) is 4.79 Å². The van der Waals surface area contributed by atoms with Crippen molar-refractivity contribution in [3.8, 4) is 0 Å². The Morgan fingerprint density at radius 3 is 2.56 bits per heavy atom. The predicted octanol–water partition coefficient (Wildman–Crippen LogP) is 4.07. The fraction of sp³-hybridized carbons (Fsp3) is 0.933. The molecule has 1 atom stereocenters. The van der Waals surface area contributed by atoms with Gasteiger partial charge in [0.15, 0.2) is 0 Å². The number of halogens is 1. The first-order valence-electron chi connectivity index (χ1n) is 7.29. The van der Waals surface area contributed by atoms with Crippen molar-refractivity contribution in [3.63, 3.8) is 0 Å². The van der Waals surface area contributed by atoms with E-state index in [-0.39, 0.29) is 0 Å². The minimum Gasteiger partial charge on any atom is -0.343 e. The predicted molar refractivity (Wildman–Crippen MR) is 77.9 cm³/mol. The number of carbonyl (C=O) groups is 1. The summed E-state index contributed by atoms with van der Waals surface area (Å²) < 4.78 is 0. The third kappa shape index (κ3) is 5.17. The zero-order chi connectivity index (χ0) is 13.6. The van der Waals surface area contributed by atoms with E-state index in [1.54, 1.807) is 0 Å². The maximum Gasteiger partial charge on any atom is 0.222 e. The Balaban J connectivity index is 2.39. The number of amides is 1. The van der Waals surface area contributed by atoms with Gasteiger partial charge in [-0.25, -0.2) is 0 Å². The van der Waals surface area contributed by atoms with Crippen LogP contribution < -0.4 is 0 Å². The van der Waals surface area contributed by atoms with Crippen molar-refractivity contribution < 1.29 is 4.79 Å². The largest absolute Gasteiger partial charge is 0.343 e. The number of unbranched alkanes of at least 4 members (excludes halogenated alkanes) is 1. The molecule has 0 radical (unpaired) electrons. The molecule has 2 nitrogen and oxygen atoms in total. The summed E-state index contributed by atoms with van der Waals surface area (Å²) in [4.78, 5) is 14.1. The molecule has 1 heterocycles. The van der Waals surface area contributed by atoms with Gasteiger partial charge >= 0.3 is 0 Å². The van der Waals surface area contributed by atoms with E-state index in [4.69, 9.17) is 11.6 Å². The molecule has 1 aliphatic rings. The summed E-state index contributed by atoms with van der Waals surface area (Å²) in [6.07, 6.45) is 6.13. The summed E-state index contributed by atoms with van der Waals surface area (Å²) in [6, 6.07) is 0. The number of carbonyl (C=O) groups excluding carboxylic acids is 1. The normalized spacial score (nSPS) is 21.8. The van der Waals surface area contributed by atoms with Crippen LogP contribution in [0, 0.1) is 11.3 Å². The van der Waals surface area contributed by atoms with Crippen LogP contribution in [0.2, 0.25) is 0 Å². The van der Waals surface area contributed by atoms with Crippen LogP contribution in [0.1, 0.15) is 59.3 Å². The minimum absolute atomic E-state index is 0.328. The van der Waals surface area contributed by atoms with E-state index in [1.807, 2.05) is 0 Å². The van der Waals surface area contributed by atoms with Crippen molar-refractivity contribution in [2.24, 2.45) is 11.3 Å². The molecule has 0 bridgehead atoms. The highest BCUT2D eigenvalue weighted by Crippen LogP contribution is 2.34. The first kappa shape index (κ1) is 15.8. The third-order valence-corrected chi connectivity index (χ3v) is 4.35. The smallest absolute Gasteiger partial charge is 0.222 e. The lowest BCUT2D eigenvalue weighted by molar-refractivity contribution is -0.131. The van der Waals surface area contributed by atoms with E-state index < -0.39 is 0 Å². The number of nitrogens with zero attached hydrogens (tertiary/aromatic N) is 1. The van der Waals surface area contributed by atoms with E-state index in [1.165, 1.54) is 6.42 Å². The minimum atomic E-state index is 0.328. The molecular weight excluding hydrogens is 246 g/mol. The van der Waals surface area contributed by atoms with Gasteiger partial charge in [-0.2, -0.15) is 0 Å². The van der Waals surface area contributed by atoms with Gasteiger partial charge in [-0.1, -0.05) is 20.8 Å². The molecule has 0 saturated carbocycles. The van der Waals surface area contributed by atoms with E-state index in [2.05, 4.69) is 25.7 Å². The lowest BCUT2D eigenvalue weighted by Gasteiger charge is -2.29. The van der Waals surface area contributed by atoms with Gasteiger partial charge in [0.05, 0.1) is 0 Å². The molecule has 1 saturated heterocycles. The molecule has 3 heteroatoms. The first-order valence-corrected chi connectivity index (χ1v) is 7.82. The molecule has 18 heavy (non-hydrogen) atoms. The second-order valence-electron chi connectivity index (χ2n) is 6.52. The second kappa shape index (κ2) is 7.37. The van der Waals surface area contributed by atoms with Gasteiger partial charge in [0.2, 0.25) is 5.91 Å². The number of hydrogen-bond acceptors (Lipinski definition) is 1. The van der Waals surface area contributed by atoms with E-state index in [0.717, 1.165) is 44.7 Å². The summed E-state index contributed by atoms with van der Waals surface area (Å²) in [7, 11) is 0. The van der Waals surface area contributed by atoms with Gasteiger partial charge in [0.1, 0.15) is 0 Å². The van der Waals surface area contributed by atoms with E-state index in [0.29, 0.717) is 23.6 Å². The second-order valence-corrected chi connectivity index (χ2v) is 6.90. The van der Waals surface area contributed by atoms with Crippen molar-refractivity contribution in [2.45, 2.75) is 59.3 Å². The lowest BCUT2D eigenvalue weighted by Crippen LogP contribution is -2.32. The van der Waals surface area contributed by atoms with Crippen LogP contribution in [0.4, 0.5) is 0 Å². The summed E-state index contributed by atoms with van der Waals surface area (Å²) in [5.41, 5.74) is 0.373. The standard InChI is InChI=1S/C15H28ClNO/c1-15(2,3)13-7-6-11-17(12-9-13)14(18)8-4-5-10-16/h13H,4-12H2,1-3H3. The molecule has 0 aromatic rings. The Bertz CT molecular complexity index is 260. The Morgan fingerprint density at radius 2 is 1.94 bits per heavy atom. The van der Waals surface area contributed by atoms with Gasteiger partial charge in [0, 0.05) is 25.4 Å². The Morgan fingerprint density at radius 1 is 1.22 bits per heavy atom. The number of hydrogen-bond donors (Lipinski definition) is 0. The Hall–Kier alpha value is -0.240. The molecule has 0 aromatic heterocycles. The van der Waals surface area contributed by atoms with Crippen LogP contribution in [0.15, 0.2) is 0 Å². The van der Waals surface area contributed by atoms with Crippen molar-refractivity contribution in [2.75, 3.05) is 19.0 Å². The van der Waals surface area contributed by atoms with Gasteiger partial charge in [-0.05, 0) is 43.4 Å². The van der Waals surface area contributed by atoms with Crippen molar-refractivity contribution >= 4 is 17.5 Å². The molecule has 0 aromatic carbocycles. The fourth-order valence-corrected chi connectivity index (χ4v) is 2.93. The molecule has 1 rings (SSSR count). The van der Waals surface area contributed by atoms with Crippen LogP contribution in [-0.2, 0) is 4.79 Å². The van der Waals surface area contributed by atoms with Crippen LogP contribution in [0.3, 0.4) is 0 Å². The van der Waals surface area contributed by atoms with Gasteiger partial charge in [-0.3, -0.25) is 4.79 Å². The monoisotopic (exact) mass is 273 g/mol. The maximum absolute atomic E-state index is 12.1. The quantitative estimate of drug-likeness (QED) is 0.558. The highest BCUT2D eigenvalue weighted by molar-refractivity contribution is 6.17. The zero-order valence-electron chi connectivity index (χ0n) is 12.2.